The summed E-state index contributed by atoms with van der Waals surface area (Å²) in [5.41, 5.74) is 6.06. The highest BCUT2D eigenvalue weighted by Crippen LogP contribution is 2.46. The van der Waals surface area contributed by atoms with Gasteiger partial charge in [0.15, 0.2) is 0 Å². The summed E-state index contributed by atoms with van der Waals surface area (Å²) in [7, 11) is 0. The molecule has 1 aromatic rings. The normalized spacial score (nSPS) is 26.9. The first kappa shape index (κ1) is 11.7. The van der Waals surface area contributed by atoms with E-state index >= 15 is 0 Å². The monoisotopic (exact) mass is 256 g/mol. The molecular formula is C13H15F3N2. The van der Waals surface area contributed by atoms with E-state index in [4.69, 9.17) is 5.73 Å². The Kier molecular flexibility index (Phi) is 2.47. The maximum absolute atomic E-state index is 12.5. The summed E-state index contributed by atoms with van der Waals surface area (Å²) in [4.78, 5) is 2.11. The standard InChI is InChI=1S/C13H15F3N2/c14-13(15,16)10-1-2-12(11(17)6-10)18-4-3-8-5-9(8)7-18/h1-2,6,8-9H,3-5,7,17H2. The van der Waals surface area contributed by atoms with E-state index in [-0.39, 0.29) is 5.69 Å². The number of benzene rings is 1. The van der Waals surface area contributed by atoms with Crippen LogP contribution in [0.2, 0.25) is 0 Å². The quantitative estimate of drug-likeness (QED) is 0.782. The average molecular weight is 256 g/mol. The van der Waals surface area contributed by atoms with Crippen molar-refractivity contribution in [3.63, 3.8) is 0 Å². The molecule has 2 N–H and O–H groups in total. The fourth-order valence-corrected chi connectivity index (χ4v) is 2.82. The number of piperidine rings is 1. The Hall–Kier alpha value is -1.39. The van der Waals surface area contributed by atoms with Crippen LogP contribution < -0.4 is 10.6 Å². The molecule has 0 bridgehead atoms. The van der Waals surface area contributed by atoms with Crippen LogP contribution in [0.1, 0.15) is 18.4 Å². The minimum absolute atomic E-state index is 0.226. The lowest BCUT2D eigenvalue weighted by Crippen LogP contribution is -2.31. The van der Waals surface area contributed by atoms with Gasteiger partial charge in [0.2, 0.25) is 0 Å². The lowest BCUT2D eigenvalue weighted by atomic mass is 10.1. The molecule has 0 aromatic heterocycles. The van der Waals surface area contributed by atoms with Crippen LogP contribution in [0.4, 0.5) is 24.5 Å². The minimum atomic E-state index is -4.32. The molecule has 2 nitrogen and oxygen atoms in total. The third kappa shape index (κ3) is 2.02. The van der Waals surface area contributed by atoms with Crippen LogP contribution in [-0.2, 0) is 6.18 Å². The SMILES string of the molecule is Nc1cc(C(F)(F)F)ccc1N1CCC2CC2C1. The van der Waals surface area contributed by atoms with Crippen molar-refractivity contribution in [2.45, 2.75) is 19.0 Å². The van der Waals surface area contributed by atoms with E-state index in [1.165, 1.54) is 12.5 Å². The van der Waals surface area contributed by atoms with Crippen molar-refractivity contribution in [3.8, 4) is 0 Å². The van der Waals surface area contributed by atoms with Gasteiger partial charge in [-0.05, 0) is 42.9 Å². The highest BCUT2D eigenvalue weighted by atomic mass is 19.4. The van der Waals surface area contributed by atoms with E-state index in [1.54, 1.807) is 0 Å². The molecule has 2 unspecified atom stereocenters. The van der Waals surface area contributed by atoms with Gasteiger partial charge in [-0.2, -0.15) is 13.2 Å². The number of nitrogens with two attached hydrogens (primary N) is 1. The fourth-order valence-electron chi connectivity index (χ4n) is 2.82. The number of anilines is 2. The molecule has 2 atom stereocenters. The van der Waals surface area contributed by atoms with Crippen LogP contribution >= 0.6 is 0 Å². The second kappa shape index (κ2) is 3.80. The number of alkyl halides is 3. The first-order valence-corrected chi connectivity index (χ1v) is 6.17. The van der Waals surface area contributed by atoms with Gasteiger partial charge < -0.3 is 10.6 Å². The highest BCUT2D eigenvalue weighted by molar-refractivity contribution is 5.69. The Morgan fingerprint density at radius 3 is 2.61 bits per heavy atom. The van der Waals surface area contributed by atoms with Gasteiger partial charge in [-0.3, -0.25) is 0 Å². The Morgan fingerprint density at radius 1 is 1.22 bits per heavy atom. The number of nitrogen functional groups attached to an aromatic ring is 1. The molecule has 1 aliphatic carbocycles. The van der Waals surface area contributed by atoms with Gasteiger partial charge in [-0.25, -0.2) is 0 Å². The number of fused-ring (bicyclic) bond motifs is 1. The fraction of sp³-hybridized carbons (Fsp3) is 0.538. The number of halogens is 3. The molecule has 1 aliphatic heterocycles. The lowest BCUT2D eigenvalue weighted by molar-refractivity contribution is -0.137. The molecular weight excluding hydrogens is 241 g/mol. The van der Waals surface area contributed by atoms with E-state index < -0.39 is 11.7 Å². The Balaban J connectivity index is 1.84. The molecule has 5 heteroatoms. The molecule has 1 saturated heterocycles. The van der Waals surface area contributed by atoms with Gasteiger partial charge in [0.1, 0.15) is 0 Å². The summed E-state index contributed by atoms with van der Waals surface area (Å²) >= 11 is 0. The number of hydrogen-bond acceptors (Lipinski definition) is 2. The maximum Gasteiger partial charge on any atom is 0.416 e. The van der Waals surface area contributed by atoms with Gasteiger partial charge in [0, 0.05) is 13.1 Å². The van der Waals surface area contributed by atoms with Crippen LogP contribution in [0.5, 0.6) is 0 Å². The summed E-state index contributed by atoms with van der Waals surface area (Å²) < 4.78 is 37.6. The van der Waals surface area contributed by atoms with Crippen molar-refractivity contribution in [1.29, 1.82) is 0 Å². The predicted molar refractivity (Wildman–Crippen MR) is 64.3 cm³/mol. The summed E-state index contributed by atoms with van der Waals surface area (Å²) in [5.74, 6) is 1.57. The van der Waals surface area contributed by atoms with Gasteiger partial charge in [-0.1, -0.05) is 0 Å². The van der Waals surface area contributed by atoms with Crippen molar-refractivity contribution in [2.24, 2.45) is 11.8 Å². The molecule has 3 rings (SSSR count). The second-order valence-corrected chi connectivity index (χ2v) is 5.26. The summed E-state index contributed by atoms with van der Waals surface area (Å²) in [6.45, 7) is 1.83. The zero-order valence-corrected chi connectivity index (χ0v) is 9.87. The van der Waals surface area contributed by atoms with Gasteiger partial charge in [-0.15, -0.1) is 0 Å². The highest BCUT2D eigenvalue weighted by Gasteiger charge is 2.41. The van der Waals surface area contributed by atoms with Crippen LogP contribution in [0.25, 0.3) is 0 Å². The largest absolute Gasteiger partial charge is 0.416 e. The third-order valence-corrected chi connectivity index (χ3v) is 3.99. The number of hydrogen-bond donors (Lipinski definition) is 1. The molecule has 1 heterocycles. The molecule has 0 amide bonds. The molecule has 2 aliphatic rings. The number of nitrogens with zero attached hydrogens (tertiary/aromatic N) is 1. The zero-order chi connectivity index (χ0) is 12.9. The molecule has 1 aromatic carbocycles. The first-order valence-electron chi connectivity index (χ1n) is 6.17. The Labute approximate surface area is 104 Å². The first-order chi connectivity index (χ1) is 8.45. The summed E-state index contributed by atoms with van der Waals surface area (Å²) in [6, 6.07) is 3.65. The third-order valence-electron chi connectivity index (χ3n) is 3.99. The smallest absolute Gasteiger partial charge is 0.397 e. The maximum atomic E-state index is 12.5. The van der Waals surface area contributed by atoms with Gasteiger partial charge >= 0.3 is 6.18 Å². The van der Waals surface area contributed by atoms with Gasteiger partial charge in [0.25, 0.3) is 0 Å². The molecule has 0 spiro atoms. The molecule has 98 valence electrons. The minimum Gasteiger partial charge on any atom is -0.397 e. The van der Waals surface area contributed by atoms with Crippen molar-refractivity contribution in [2.75, 3.05) is 23.7 Å². The van der Waals surface area contributed by atoms with Gasteiger partial charge in [0.05, 0.1) is 16.9 Å². The van der Waals surface area contributed by atoms with Crippen LogP contribution in [0.3, 0.4) is 0 Å². The van der Waals surface area contributed by atoms with Crippen molar-refractivity contribution in [1.82, 2.24) is 0 Å². The molecule has 18 heavy (non-hydrogen) atoms. The Morgan fingerprint density at radius 2 is 2.00 bits per heavy atom. The zero-order valence-electron chi connectivity index (χ0n) is 9.87. The Bertz CT molecular complexity index is 470. The average Bonchev–Trinajstić information content (AvgIpc) is 3.05. The second-order valence-electron chi connectivity index (χ2n) is 5.26. The summed E-state index contributed by atoms with van der Waals surface area (Å²) in [5, 5.41) is 0. The summed E-state index contributed by atoms with van der Waals surface area (Å²) in [6.07, 6.45) is -1.93. The van der Waals surface area contributed by atoms with E-state index in [9.17, 15) is 13.2 Å². The van der Waals surface area contributed by atoms with E-state index in [2.05, 4.69) is 4.90 Å². The van der Waals surface area contributed by atoms with Crippen LogP contribution in [0, 0.1) is 11.8 Å². The molecule has 0 radical (unpaired) electrons. The van der Waals surface area contributed by atoms with Crippen molar-refractivity contribution in [3.05, 3.63) is 23.8 Å². The molecule has 2 fully saturated rings. The number of rotatable bonds is 1. The molecule has 1 saturated carbocycles. The van der Waals surface area contributed by atoms with Crippen molar-refractivity contribution < 1.29 is 13.2 Å². The lowest BCUT2D eigenvalue weighted by Gasteiger charge is -2.29. The van der Waals surface area contributed by atoms with E-state index in [0.29, 0.717) is 0 Å². The van der Waals surface area contributed by atoms with E-state index in [0.717, 1.165) is 49.2 Å². The van der Waals surface area contributed by atoms with E-state index in [1.807, 2.05) is 0 Å². The van der Waals surface area contributed by atoms with Crippen LogP contribution in [0.15, 0.2) is 18.2 Å². The predicted octanol–water partition coefficient (Wildman–Crippen LogP) is 3.13. The topological polar surface area (TPSA) is 29.3 Å². The van der Waals surface area contributed by atoms with Crippen LogP contribution in [-0.4, -0.2) is 13.1 Å². The van der Waals surface area contributed by atoms with Crippen molar-refractivity contribution >= 4 is 11.4 Å².